The Morgan fingerprint density at radius 2 is 1.88 bits per heavy atom. The highest BCUT2D eigenvalue weighted by atomic mass is 32.1. The van der Waals surface area contributed by atoms with Crippen LogP contribution in [0.25, 0.3) is 0 Å². The van der Waals surface area contributed by atoms with Crippen LogP contribution in [-0.4, -0.2) is 40.8 Å². The summed E-state index contributed by atoms with van der Waals surface area (Å²) < 4.78 is 13.9. The Balaban J connectivity index is 4.52. The summed E-state index contributed by atoms with van der Waals surface area (Å²) in [6, 6.07) is 0. The molecule has 0 spiro atoms. The van der Waals surface area contributed by atoms with E-state index in [0.29, 0.717) is 12.3 Å². The maximum atomic E-state index is 13.9. The zero-order chi connectivity index (χ0) is 12.6. The molecule has 2 atom stereocenters. The molecule has 0 aliphatic heterocycles. The number of rotatable bonds is 7. The first-order valence-electron chi connectivity index (χ1n) is 4.76. The van der Waals surface area contributed by atoms with Crippen molar-refractivity contribution in [3.05, 3.63) is 24.8 Å². The highest BCUT2D eigenvalue weighted by molar-refractivity contribution is 7.81. The highest BCUT2D eigenvalue weighted by Gasteiger charge is 2.24. The molecule has 0 aliphatic rings. The average Bonchev–Trinajstić information content (AvgIpc) is 2.27. The molecule has 7 heteroatoms. The van der Waals surface area contributed by atoms with Crippen molar-refractivity contribution in [1.29, 1.82) is 0 Å². The number of nitrogens with two attached hydrogens (primary N) is 2. The van der Waals surface area contributed by atoms with Gasteiger partial charge in [-0.2, -0.15) is 12.6 Å². The van der Waals surface area contributed by atoms with Crippen LogP contribution in [0.4, 0.5) is 4.39 Å². The summed E-state index contributed by atoms with van der Waals surface area (Å²) in [6.07, 6.45) is 4.35. The van der Waals surface area contributed by atoms with E-state index < -0.39 is 11.7 Å². The van der Waals surface area contributed by atoms with Gasteiger partial charge < -0.3 is 21.3 Å². The number of nitrogens with zero attached hydrogens (tertiary/aromatic N) is 2. The maximum absolute atomic E-state index is 13.9. The minimum atomic E-state index is -1.29. The molecule has 0 fully saturated rings. The van der Waals surface area contributed by atoms with Gasteiger partial charge in [0.25, 0.3) is 0 Å². The molecule has 2 unspecified atom stereocenters. The van der Waals surface area contributed by atoms with Gasteiger partial charge in [0.1, 0.15) is 5.37 Å². The predicted octanol–water partition coefficient (Wildman–Crippen LogP) is 0.561. The summed E-state index contributed by atoms with van der Waals surface area (Å²) in [4.78, 5) is 3.01. The first-order chi connectivity index (χ1) is 7.58. The van der Waals surface area contributed by atoms with Gasteiger partial charge in [-0.05, 0) is 0 Å². The van der Waals surface area contributed by atoms with E-state index in [1.165, 1.54) is 23.5 Å². The van der Waals surface area contributed by atoms with Crippen LogP contribution in [0.3, 0.4) is 0 Å². The number of alkyl halides is 1. The molecule has 0 aliphatic carbocycles. The van der Waals surface area contributed by atoms with Crippen LogP contribution in [0.2, 0.25) is 0 Å². The lowest BCUT2D eigenvalue weighted by atomic mass is 10.4. The van der Waals surface area contributed by atoms with Gasteiger partial charge in [-0.25, -0.2) is 4.39 Å². The van der Waals surface area contributed by atoms with E-state index in [-0.39, 0.29) is 0 Å². The molecule has 0 aromatic rings. The van der Waals surface area contributed by atoms with E-state index in [1.807, 2.05) is 0 Å². The summed E-state index contributed by atoms with van der Waals surface area (Å²) in [5.41, 5.74) is 10.5. The Kier molecular flexibility index (Phi) is 8.10. The van der Waals surface area contributed by atoms with Crippen molar-refractivity contribution < 1.29 is 4.39 Å². The lowest BCUT2D eigenvalue weighted by molar-refractivity contribution is 0.105. The van der Waals surface area contributed by atoms with Gasteiger partial charge >= 0.3 is 0 Å². The second-order valence-electron chi connectivity index (χ2n) is 3.10. The van der Waals surface area contributed by atoms with E-state index in [9.17, 15) is 4.39 Å². The van der Waals surface area contributed by atoms with Gasteiger partial charge in [0.05, 0.1) is 0 Å². The fraction of sp³-hybridized carbons (Fsp3) is 0.556. The molecule has 0 amide bonds. The van der Waals surface area contributed by atoms with Crippen molar-refractivity contribution >= 4 is 25.3 Å². The van der Waals surface area contributed by atoms with Crippen molar-refractivity contribution in [1.82, 2.24) is 9.80 Å². The summed E-state index contributed by atoms with van der Waals surface area (Å²) in [5, 5.41) is -0.631. The Bertz CT molecular complexity index is 238. The van der Waals surface area contributed by atoms with Crippen molar-refractivity contribution in [3.8, 4) is 0 Å². The highest BCUT2D eigenvalue weighted by Crippen LogP contribution is 2.16. The number of hydrogen-bond acceptors (Lipinski definition) is 6. The van der Waals surface area contributed by atoms with Crippen LogP contribution in [-0.2, 0) is 0 Å². The first-order valence-corrected chi connectivity index (χ1v) is 5.90. The molecule has 0 heterocycles. The number of halogens is 1. The first kappa shape index (κ1) is 15.3. The van der Waals surface area contributed by atoms with E-state index in [4.69, 9.17) is 11.5 Å². The third kappa shape index (κ3) is 4.89. The van der Waals surface area contributed by atoms with Crippen LogP contribution in [0.5, 0.6) is 0 Å². The molecule has 16 heavy (non-hydrogen) atoms. The van der Waals surface area contributed by atoms with Crippen LogP contribution in [0.15, 0.2) is 24.8 Å². The third-order valence-electron chi connectivity index (χ3n) is 1.93. The minimum Gasteiger partial charge on any atom is -0.403 e. The fourth-order valence-electron chi connectivity index (χ4n) is 1.11. The molecule has 4 N–H and O–H groups in total. The van der Waals surface area contributed by atoms with Gasteiger partial charge in [-0.1, -0.05) is 0 Å². The van der Waals surface area contributed by atoms with E-state index in [0.717, 1.165) is 0 Å². The largest absolute Gasteiger partial charge is 0.403 e. The van der Waals surface area contributed by atoms with Crippen LogP contribution in [0.1, 0.15) is 0 Å². The Labute approximate surface area is 107 Å². The second kappa shape index (κ2) is 8.46. The predicted molar refractivity (Wildman–Crippen MR) is 72.6 cm³/mol. The summed E-state index contributed by atoms with van der Waals surface area (Å²) in [6.45, 7) is 0.561. The SMILES string of the molecule is CN(/C=C\N)C(F)C(S)N(/C=C\N)CCS. The normalized spacial score (nSPS) is 15.5. The standard InChI is InChI=1S/C9H19FN4S2/c1-13(4-2-11)8(10)9(16)14(5-3-12)6-7-15/h2-5,8-9,15-16H,6-7,11-12H2,1H3/b4-2-,5-3-. The van der Waals surface area contributed by atoms with Crippen molar-refractivity contribution in [2.45, 2.75) is 11.7 Å². The maximum Gasteiger partial charge on any atom is 0.201 e. The molecular weight excluding hydrogens is 247 g/mol. The number of thiol groups is 2. The van der Waals surface area contributed by atoms with E-state index >= 15 is 0 Å². The molecule has 0 bridgehead atoms. The summed E-state index contributed by atoms with van der Waals surface area (Å²) in [5.74, 6) is 0.588. The van der Waals surface area contributed by atoms with Gasteiger partial charge in [0.2, 0.25) is 6.30 Å². The Morgan fingerprint density at radius 3 is 2.31 bits per heavy atom. The van der Waals surface area contributed by atoms with Crippen LogP contribution in [0, 0.1) is 0 Å². The summed E-state index contributed by atoms with van der Waals surface area (Å²) in [7, 11) is 1.59. The lowest BCUT2D eigenvalue weighted by Gasteiger charge is -2.32. The molecule has 0 saturated carbocycles. The molecule has 0 aromatic carbocycles. The number of likely N-dealkylation sites (N-methyl/N-ethyl adjacent to an activating group) is 1. The van der Waals surface area contributed by atoms with Crippen LogP contribution >= 0.6 is 25.3 Å². The molecular formula is C9H19FN4S2. The fourth-order valence-corrected chi connectivity index (χ4v) is 1.74. The Hall–Kier alpha value is -0.690. The zero-order valence-corrected chi connectivity index (χ0v) is 11.0. The lowest BCUT2D eigenvalue weighted by Crippen LogP contribution is -2.42. The molecule has 0 saturated heterocycles. The van der Waals surface area contributed by atoms with E-state index in [1.54, 1.807) is 18.1 Å². The minimum absolute atomic E-state index is 0.561. The average molecular weight is 266 g/mol. The monoisotopic (exact) mass is 266 g/mol. The van der Waals surface area contributed by atoms with Gasteiger partial charge in [-0.15, -0.1) is 12.6 Å². The third-order valence-corrected chi connectivity index (χ3v) is 2.67. The molecule has 4 nitrogen and oxygen atoms in total. The topological polar surface area (TPSA) is 58.5 Å². The van der Waals surface area contributed by atoms with Gasteiger partial charge in [-0.3, -0.25) is 0 Å². The van der Waals surface area contributed by atoms with Crippen molar-refractivity contribution in [2.24, 2.45) is 11.5 Å². The summed E-state index contributed by atoms with van der Waals surface area (Å²) >= 11 is 8.30. The van der Waals surface area contributed by atoms with Crippen LogP contribution < -0.4 is 11.5 Å². The number of hydrogen-bond donors (Lipinski definition) is 4. The smallest absolute Gasteiger partial charge is 0.201 e. The molecule has 94 valence electrons. The van der Waals surface area contributed by atoms with Crippen molar-refractivity contribution in [3.63, 3.8) is 0 Å². The molecule has 0 rings (SSSR count). The second-order valence-corrected chi connectivity index (χ2v) is 4.07. The molecule has 0 radical (unpaired) electrons. The molecule has 0 aromatic heterocycles. The Morgan fingerprint density at radius 1 is 1.31 bits per heavy atom. The zero-order valence-electron chi connectivity index (χ0n) is 9.20. The quantitative estimate of drug-likeness (QED) is 0.309. The van der Waals surface area contributed by atoms with E-state index in [2.05, 4.69) is 25.3 Å². The van der Waals surface area contributed by atoms with Crippen molar-refractivity contribution in [2.75, 3.05) is 19.3 Å². The van der Waals surface area contributed by atoms with Gasteiger partial charge in [0.15, 0.2) is 0 Å². The van der Waals surface area contributed by atoms with Gasteiger partial charge in [0, 0.05) is 44.1 Å².